The number of halogens is 1. The number of nitrogens with zero attached hydrogens (tertiary/aromatic N) is 2. The molecule has 5 nitrogen and oxygen atoms in total. The fourth-order valence-electron chi connectivity index (χ4n) is 2.10. The number of aryl methyl sites for hydroxylation is 1. The topological polar surface area (TPSA) is 59.0 Å². The Morgan fingerprint density at radius 3 is 2.48 bits per heavy atom. The van der Waals surface area contributed by atoms with Crippen LogP contribution in [-0.4, -0.2) is 29.3 Å². The zero-order valence-corrected chi connectivity index (χ0v) is 14.9. The average molecular weight is 337 g/mol. The minimum absolute atomic E-state index is 0. The lowest BCUT2D eigenvalue weighted by Crippen LogP contribution is -2.20. The van der Waals surface area contributed by atoms with E-state index >= 15 is 0 Å². The van der Waals surface area contributed by atoms with Gasteiger partial charge in [0.05, 0.1) is 11.4 Å². The summed E-state index contributed by atoms with van der Waals surface area (Å²) in [6.45, 7) is 6.89. The van der Waals surface area contributed by atoms with Crippen LogP contribution in [0.5, 0.6) is 0 Å². The number of carbonyl (C=O) groups excluding carboxylic acids is 1. The molecule has 0 aliphatic rings. The molecule has 0 aliphatic carbocycles. The second kappa shape index (κ2) is 8.70. The second-order valence-corrected chi connectivity index (χ2v) is 5.76. The molecule has 1 amide bonds. The molecule has 1 aromatic heterocycles. The van der Waals surface area contributed by atoms with E-state index in [1.165, 1.54) is 5.56 Å². The molecule has 0 saturated carbocycles. The molecule has 6 heteroatoms. The maximum Gasteiger partial charge on any atom is 0.226 e. The van der Waals surface area contributed by atoms with E-state index in [0.717, 1.165) is 11.4 Å². The molecule has 2 rings (SSSR count). The molecule has 23 heavy (non-hydrogen) atoms. The van der Waals surface area contributed by atoms with Crippen molar-refractivity contribution >= 4 is 24.1 Å². The minimum Gasteiger partial charge on any atom is -0.319 e. The van der Waals surface area contributed by atoms with Crippen LogP contribution in [0.2, 0.25) is 0 Å². The van der Waals surface area contributed by atoms with Gasteiger partial charge in [-0.25, -0.2) is 4.68 Å². The normalized spacial score (nSPS) is 10.5. The summed E-state index contributed by atoms with van der Waals surface area (Å²) in [5.74, 6) is 1.01. The Bertz CT molecular complexity index is 635. The van der Waals surface area contributed by atoms with Crippen molar-refractivity contribution in [1.82, 2.24) is 15.1 Å². The van der Waals surface area contributed by atoms with Crippen molar-refractivity contribution in [3.8, 4) is 5.69 Å². The van der Waals surface area contributed by atoms with Crippen LogP contribution in [0.3, 0.4) is 0 Å². The highest BCUT2D eigenvalue weighted by molar-refractivity contribution is 5.90. The second-order valence-electron chi connectivity index (χ2n) is 5.76. The van der Waals surface area contributed by atoms with E-state index in [2.05, 4.69) is 29.6 Å². The molecule has 2 aromatic rings. The van der Waals surface area contributed by atoms with Gasteiger partial charge < -0.3 is 10.6 Å². The zero-order valence-electron chi connectivity index (χ0n) is 14.1. The summed E-state index contributed by atoms with van der Waals surface area (Å²) >= 11 is 0. The van der Waals surface area contributed by atoms with Gasteiger partial charge in [-0.2, -0.15) is 5.10 Å². The largest absolute Gasteiger partial charge is 0.319 e. The number of rotatable bonds is 6. The minimum atomic E-state index is -0.0158. The van der Waals surface area contributed by atoms with Crippen molar-refractivity contribution in [3.05, 3.63) is 41.6 Å². The first-order valence-corrected chi connectivity index (χ1v) is 7.62. The van der Waals surface area contributed by atoms with Crippen LogP contribution in [0.4, 0.5) is 5.82 Å². The molecule has 0 saturated heterocycles. The van der Waals surface area contributed by atoms with Crippen molar-refractivity contribution in [1.29, 1.82) is 0 Å². The van der Waals surface area contributed by atoms with Crippen LogP contribution in [-0.2, 0) is 4.79 Å². The van der Waals surface area contributed by atoms with Crippen LogP contribution in [0.25, 0.3) is 5.69 Å². The zero-order chi connectivity index (χ0) is 16.1. The van der Waals surface area contributed by atoms with Gasteiger partial charge in [0.15, 0.2) is 0 Å². The summed E-state index contributed by atoms with van der Waals surface area (Å²) in [6.07, 6.45) is 0.437. The molecule has 0 radical (unpaired) electrons. The molecule has 126 valence electrons. The highest BCUT2D eigenvalue weighted by atomic mass is 35.5. The maximum absolute atomic E-state index is 12.0. The number of amides is 1. The molecule has 0 spiro atoms. The van der Waals surface area contributed by atoms with E-state index in [0.29, 0.717) is 24.7 Å². The molecule has 1 heterocycles. The van der Waals surface area contributed by atoms with Gasteiger partial charge in [0.2, 0.25) is 5.91 Å². The number of anilines is 1. The molecule has 0 aliphatic heterocycles. The quantitative estimate of drug-likeness (QED) is 0.851. The Balaban J connectivity index is 0.00000264. The van der Waals surface area contributed by atoms with Crippen molar-refractivity contribution in [2.45, 2.75) is 33.1 Å². The smallest absolute Gasteiger partial charge is 0.226 e. The summed E-state index contributed by atoms with van der Waals surface area (Å²) in [5, 5.41) is 10.6. The van der Waals surface area contributed by atoms with Crippen LogP contribution >= 0.6 is 12.4 Å². The van der Waals surface area contributed by atoms with Gasteiger partial charge in [-0.1, -0.05) is 31.5 Å². The fraction of sp³-hybridized carbons (Fsp3) is 0.412. The summed E-state index contributed by atoms with van der Waals surface area (Å²) in [4.78, 5) is 12.0. The Morgan fingerprint density at radius 1 is 1.26 bits per heavy atom. The lowest BCUT2D eigenvalue weighted by atomic mass is 10.1. The van der Waals surface area contributed by atoms with E-state index in [1.54, 1.807) is 4.68 Å². The van der Waals surface area contributed by atoms with Crippen molar-refractivity contribution in [3.63, 3.8) is 0 Å². The lowest BCUT2D eigenvalue weighted by Gasteiger charge is -2.09. The van der Waals surface area contributed by atoms with E-state index < -0.39 is 0 Å². The summed E-state index contributed by atoms with van der Waals surface area (Å²) in [6, 6.07) is 10.0. The Labute approximate surface area is 143 Å². The van der Waals surface area contributed by atoms with Crippen molar-refractivity contribution < 1.29 is 4.79 Å². The molecular formula is C17H25ClN4O. The van der Waals surface area contributed by atoms with Gasteiger partial charge >= 0.3 is 0 Å². The molecular weight excluding hydrogens is 312 g/mol. The highest BCUT2D eigenvalue weighted by Gasteiger charge is 2.14. The Kier molecular flexibility index (Phi) is 7.26. The predicted octanol–water partition coefficient (Wildman–Crippen LogP) is 3.27. The van der Waals surface area contributed by atoms with Gasteiger partial charge in [0, 0.05) is 19.0 Å². The number of aromatic nitrogens is 2. The third kappa shape index (κ3) is 5.08. The first-order chi connectivity index (χ1) is 10.5. The van der Waals surface area contributed by atoms with Crippen LogP contribution in [0, 0.1) is 6.92 Å². The van der Waals surface area contributed by atoms with Crippen LogP contribution < -0.4 is 10.6 Å². The monoisotopic (exact) mass is 336 g/mol. The fourth-order valence-corrected chi connectivity index (χ4v) is 2.10. The van der Waals surface area contributed by atoms with E-state index in [4.69, 9.17) is 0 Å². The highest BCUT2D eigenvalue weighted by Crippen LogP contribution is 2.22. The summed E-state index contributed by atoms with van der Waals surface area (Å²) < 4.78 is 1.80. The van der Waals surface area contributed by atoms with E-state index in [-0.39, 0.29) is 18.3 Å². The average Bonchev–Trinajstić information content (AvgIpc) is 2.90. The first-order valence-electron chi connectivity index (χ1n) is 7.62. The third-order valence-electron chi connectivity index (χ3n) is 3.47. The molecule has 0 bridgehead atoms. The molecule has 2 N–H and O–H groups in total. The van der Waals surface area contributed by atoms with Gasteiger partial charge in [-0.05, 0) is 32.0 Å². The Morgan fingerprint density at radius 2 is 1.91 bits per heavy atom. The van der Waals surface area contributed by atoms with Gasteiger partial charge in [-0.15, -0.1) is 12.4 Å². The first kappa shape index (κ1) is 19.2. The van der Waals surface area contributed by atoms with Crippen molar-refractivity contribution in [2.75, 3.05) is 18.9 Å². The standard InChI is InChI=1S/C17H24N4O.ClH/c1-12(2)15-11-16(19-17(22)9-10-18-4)21(20-15)14-7-5-13(3)6-8-14;/h5-8,11-12,18H,9-10H2,1-4H3,(H,19,22);1H. The molecule has 0 fully saturated rings. The SMILES string of the molecule is CNCCC(=O)Nc1cc(C(C)C)nn1-c1ccc(C)cc1.Cl. The lowest BCUT2D eigenvalue weighted by molar-refractivity contribution is -0.116. The number of hydrogen-bond donors (Lipinski definition) is 2. The number of carbonyl (C=O) groups is 1. The number of benzene rings is 1. The predicted molar refractivity (Wildman–Crippen MR) is 96.8 cm³/mol. The third-order valence-corrected chi connectivity index (χ3v) is 3.47. The molecule has 1 aromatic carbocycles. The van der Waals surface area contributed by atoms with Crippen LogP contribution in [0.15, 0.2) is 30.3 Å². The van der Waals surface area contributed by atoms with Gasteiger partial charge in [0.1, 0.15) is 5.82 Å². The van der Waals surface area contributed by atoms with E-state index in [9.17, 15) is 4.79 Å². The number of hydrogen-bond acceptors (Lipinski definition) is 3. The summed E-state index contributed by atoms with van der Waals surface area (Å²) in [7, 11) is 1.83. The van der Waals surface area contributed by atoms with E-state index in [1.807, 2.05) is 44.3 Å². The van der Waals surface area contributed by atoms with Crippen LogP contribution in [0.1, 0.15) is 37.4 Å². The maximum atomic E-state index is 12.0. The van der Waals surface area contributed by atoms with Crippen molar-refractivity contribution in [2.24, 2.45) is 0 Å². The van der Waals surface area contributed by atoms with Gasteiger partial charge in [-0.3, -0.25) is 4.79 Å². The van der Waals surface area contributed by atoms with Gasteiger partial charge in [0.25, 0.3) is 0 Å². The molecule has 0 unspecified atom stereocenters. The Hall–Kier alpha value is -1.85. The number of nitrogens with one attached hydrogen (secondary N) is 2. The summed E-state index contributed by atoms with van der Waals surface area (Å²) in [5.41, 5.74) is 3.10. The molecule has 0 atom stereocenters.